The highest BCUT2D eigenvalue weighted by atomic mass is 32.1. The Morgan fingerprint density at radius 2 is 2.37 bits per heavy atom. The van der Waals surface area contributed by atoms with E-state index in [1.165, 1.54) is 4.88 Å². The molecule has 2 atom stereocenters. The van der Waals surface area contributed by atoms with Crippen molar-refractivity contribution in [3.8, 4) is 11.8 Å². The lowest BCUT2D eigenvalue weighted by Crippen LogP contribution is -2.47. The van der Waals surface area contributed by atoms with Crippen molar-refractivity contribution < 1.29 is 9.84 Å². The van der Waals surface area contributed by atoms with Gasteiger partial charge in [0.2, 0.25) is 0 Å². The van der Waals surface area contributed by atoms with Gasteiger partial charge >= 0.3 is 0 Å². The van der Waals surface area contributed by atoms with Gasteiger partial charge in [0.15, 0.2) is 0 Å². The number of rotatable bonds is 3. The molecule has 0 amide bonds. The largest absolute Gasteiger partial charge is 0.384 e. The van der Waals surface area contributed by atoms with E-state index in [1.807, 2.05) is 6.07 Å². The zero-order valence-corrected chi connectivity index (χ0v) is 12.4. The van der Waals surface area contributed by atoms with E-state index in [0.29, 0.717) is 12.1 Å². The zero-order chi connectivity index (χ0) is 13.7. The number of aliphatic hydroxyl groups is 1. The van der Waals surface area contributed by atoms with E-state index in [2.05, 4.69) is 36.7 Å². The summed E-state index contributed by atoms with van der Waals surface area (Å²) >= 11 is 1.71. The minimum atomic E-state index is -0.0773. The standard InChI is InChI=1S/C15H21NO2S/c1-3-13-11-18-12(2)9-16(13)10-15-7-6-14(19-15)5-4-8-17/h6-7,12-13,17H,3,8-11H2,1-2H3. The molecule has 2 rings (SSSR count). The van der Waals surface area contributed by atoms with Crippen LogP contribution in [-0.2, 0) is 11.3 Å². The summed E-state index contributed by atoms with van der Waals surface area (Å²) in [6.45, 7) is 7.06. The molecule has 0 spiro atoms. The number of hydrogen-bond donors (Lipinski definition) is 1. The second-order valence-electron chi connectivity index (χ2n) is 4.86. The molecular weight excluding hydrogens is 258 g/mol. The fraction of sp³-hybridized carbons (Fsp3) is 0.600. The summed E-state index contributed by atoms with van der Waals surface area (Å²) in [6.07, 6.45) is 1.44. The second-order valence-corrected chi connectivity index (χ2v) is 6.03. The van der Waals surface area contributed by atoms with Gasteiger partial charge in [0, 0.05) is 24.0 Å². The van der Waals surface area contributed by atoms with Gasteiger partial charge in [0.25, 0.3) is 0 Å². The van der Waals surface area contributed by atoms with Gasteiger partial charge in [-0.1, -0.05) is 18.8 Å². The van der Waals surface area contributed by atoms with E-state index in [-0.39, 0.29) is 6.61 Å². The lowest BCUT2D eigenvalue weighted by atomic mass is 10.1. The van der Waals surface area contributed by atoms with Crippen LogP contribution < -0.4 is 0 Å². The highest BCUT2D eigenvalue weighted by Gasteiger charge is 2.25. The Hall–Kier alpha value is -0.860. The first-order valence-corrected chi connectivity index (χ1v) is 7.58. The van der Waals surface area contributed by atoms with Gasteiger partial charge in [-0.3, -0.25) is 4.90 Å². The summed E-state index contributed by atoms with van der Waals surface area (Å²) in [4.78, 5) is 4.86. The molecule has 104 valence electrons. The quantitative estimate of drug-likeness (QED) is 0.860. The third kappa shape index (κ3) is 4.05. The predicted molar refractivity (Wildman–Crippen MR) is 78.2 cm³/mol. The zero-order valence-electron chi connectivity index (χ0n) is 11.6. The van der Waals surface area contributed by atoms with Crippen LogP contribution in [0.4, 0.5) is 0 Å². The SMILES string of the molecule is CCC1COC(C)CN1Cc1ccc(C#CCO)s1. The maximum absolute atomic E-state index is 8.70. The van der Waals surface area contributed by atoms with Crippen LogP contribution in [0.15, 0.2) is 12.1 Å². The van der Waals surface area contributed by atoms with E-state index >= 15 is 0 Å². The van der Waals surface area contributed by atoms with E-state index in [9.17, 15) is 0 Å². The molecule has 1 N–H and O–H groups in total. The van der Waals surface area contributed by atoms with Crippen LogP contribution in [0.1, 0.15) is 30.0 Å². The summed E-state index contributed by atoms with van der Waals surface area (Å²) in [5, 5.41) is 8.70. The number of ether oxygens (including phenoxy) is 1. The molecule has 0 saturated carbocycles. The first-order valence-electron chi connectivity index (χ1n) is 6.77. The number of thiophene rings is 1. The van der Waals surface area contributed by atoms with Crippen molar-refractivity contribution in [1.82, 2.24) is 4.90 Å². The molecule has 0 aromatic carbocycles. The highest BCUT2D eigenvalue weighted by molar-refractivity contribution is 7.12. The predicted octanol–water partition coefficient (Wildman–Crippen LogP) is 2.09. The molecule has 1 aromatic rings. The molecule has 1 aliphatic rings. The van der Waals surface area contributed by atoms with Crippen LogP contribution in [0, 0.1) is 11.8 Å². The van der Waals surface area contributed by atoms with Gasteiger partial charge < -0.3 is 9.84 Å². The molecule has 2 heterocycles. The summed E-state index contributed by atoms with van der Waals surface area (Å²) in [5.74, 6) is 5.65. The minimum absolute atomic E-state index is 0.0773. The van der Waals surface area contributed by atoms with Crippen LogP contribution in [-0.4, -0.2) is 41.9 Å². The normalized spacial score (nSPS) is 23.9. The molecule has 4 heteroatoms. The smallest absolute Gasteiger partial charge is 0.104 e. The topological polar surface area (TPSA) is 32.7 Å². The first-order chi connectivity index (χ1) is 9.22. The molecule has 1 fully saturated rings. The van der Waals surface area contributed by atoms with Crippen molar-refractivity contribution in [1.29, 1.82) is 0 Å². The van der Waals surface area contributed by atoms with E-state index < -0.39 is 0 Å². The monoisotopic (exact) mass is 279 g/mol. The van der Waals surface area contributed by atoms with E-state index in [0.717, 1.165) is 31.0 Å². The van der Waals surface area contributed by atoms with Crippen molar-refractivity contribution >= 4 is 11.3 Å². The lowest BCUT2D eigenvalue weighted by molar-refractivity contribution is -0.0588. The molecule has 1 aromatic heterocycles. The van der Waals surface area contributed by atoms with Gasteiger partial charge in [-0.05, 0) is 25.5 Å². The average Bonchev–Trinajstić information content (AvgIpc) is 2.84. The van der Waals surface area contributed by atoms with Crippen molar-refractivity contribution in [2.45, 2.75) is 39.0 Å². The Labute approximate surface area is 119 Å². The molecule has 19 heavy (non-hydrogen) atoms. The molecule has 1 saturated heterocycles. The van der Waals surface area contributed by atoms with Crippen LogP contribution in [0.3, 0.4) is 0 Å². The van der Waals surface area contributed by atoms with Gasteiger partial charge in [-0.15, -0.1) is 11.3 Å². The summed E-state index contributed by atoms with van der Waals surface area (Å²) in [7, 11) is 0. The third-order valence-electron chi connectivity index (χ3n) is 3.36. The van der Waals surface area contributed by atoms with Gasteiger partial charge in [-0.25, -0.2) is 0 Å². The van der Waals surface area contributed by atoms with Crippen LogP contribution in [0.2, 0.25) is 0 Å². The van der Waals surface area contributed by atoms with Gasteiger partial charge in [0.1, 0.15) is 6.61 Å². The number of hydrogen-bond acceptors (Lipinski definition) is 4. The van der Waals surface area contributed by atoms with E-state index in [1.54, 1.807) is 11.3 Å². The summed E-state index contributed by atoms with van der Waals surface area (Å²) in [5.41, 5.74) is 0. The Balaban J connectivity index is 2.00. The lowest BCUT2D eigenvalue weighted by Gasteiger charge is -2.38. The Morgan fingerprint density at radius 3 is 3.11 bits per heavy atom. The fourth-order valence-corrected chi connectivity index (χ4v) is 3.25. The van der Waals surface area contributed by atoms with Gasteiger partial charge in [-0.2, -0.15) is 0 Å². The average molecular weight is 279 g/mol. The van der Waals surface area contributed by atoms with Crippen LogP contribution >= 0.6 is 11.3 Å². The van der Waals surface area contributed by atoms with E-state index in [4.69, 9.17) is 9.84 Å². The third-order valence-corrected chi connectivity index (χ3v) is 4.35. The Bertz CT molecular complexity index is 460. The van der Waals surface area contributed by atoms with Crippen molar-refractivity contribution in [2.24, 2.45) is 0 Å². The molecule has 2 unspecified atom stereocenters. The molecule has 3 nitrogen and oxygen atoms in total. The summed E-state index contributed by atoms with van der Waals surface area (Å²) < 4.78 is 5.72. The maximum Gasteiger partial charge on any atom is 0.104 e. The number of morpholine rings is 1. The number of aliphatic hydroxyl groups excluding tert-OH is 1. The fourth-order valence-electron chi connectivity index (χ4n) is 2.34. The molecule has 0 bridgehead atoms. The highest BCUT2D eigenvalue weighted by Crippen LogP contribution is 2.22. The van der Waals surface area contributed by atoms with Crippen LogP contribution in [0.25, 0.3) is 0 Å². The van der Waals surface area contributed by atoms with Crippen LogP contribution in [0.5, 0.6) is 0 Å². The maximum atomic E-state index is 8.70. The number of nitrogens with zero attached hydrogens (tertiary/aromatic N) is 1. The molecule has 0 aliphatic carbocycles. The van der Waals surface area contributed by atoms with Gasteiger partial charge in [0.05, 0.1) is 17.6 Å². The Morgan fingerprint density at radius 1 is 1.53 bits per heavy atom. The Kier molecular flexibility index (Phi) is 5.41. The molecule has 1 aliphatic heterocycles. The second kappa shape index (κ2) is 7.06. The summed E-state index contributed by atoms with van der Waals surface area (Å²) in [6, 6.07) is 4.69. The van der Waals surface area contributed by atoms with Crippen molar-refractivity contribution in [3.63, 3.8) is 0 Å². The van der Waals surface area contributed by atoms with Crippen molar-refractivity contribution in [3.05, 3.63) is 21.9 Å². The molecular formula is C15H21NO2S. The van der Waals surface area contributed by atoms with Crippen molar-refractivity contribution in [2.75, 3.05) is 19.8 Å². The first kappa shape index (κ1) is 14.5. The minimum Gasteiger partial charge on any atom is -0.384 e. The molecule has 0 radical (unpaired) electrons.